The van der Waals surface area contributed by atoms with Crippen LogP contribution >= 0.6 is 0 Å². The number of rotatable bonds is 2. The largest absolute Gasteiger partial charge is 0.333 e. The first-order valence-corrected chi connectivity index (χ1v) is 6.38. The molecule has 5 heteroatoms. The third kappa shape index (κ3) is 1.73. The van der Waals surface area contributed by atoms with Gasteiger partial charge in [-0.3, -0.25) is 9.89 Å². The molecule has 0 radical (unpaired) electrons. The molecular formula is C12H18N4O. The van der Waals surface area contributed by atoms with Crippen LogP contribution in [0.1, 0.15) is 55.5 Å². The highest BCUT2D eigenvalue weighted by Gasteiger charge is 2.41. The summed E-state index contributed by atoms with van der Waals surface area (Å²) in [6, 6.07) is 0.438. The number of fused-ring (bicyclic) bond motifs is 2. The number of nitrogens with zero attached hydrogens (tertiary/aromatic N) is 3. The van der Waals surface area contributed by atoms with Gasteiger partial charge in [0.25, 0.3) is 5.91 Å². The fourth-order valence-electron chi connectivity index (χ4n) is 2.93. The summed E-state index contributed by atoms with van der Waals surface area (Å²) in [7, 11) is 0. The van der Waals surface area contributed by atoms with Crippen LogP contribution in [0.3, 0.4) is 0 Å². The summed E-state index contributed by atoms with van der Waals surface area (Å²) in [6.45, 7) is 4.97. The Morgan fingerprint density at radius 2 is 2.29 bits per heavy atom. The second-order valence-corrected chi connectivity index (χ2v) is 5.49. The standard InChI is InChI=1S/C12H18N4O/c1-7(2)10-13-11(15-14-10)12(17)16-6-8-3-4-9(16)5-8/h7-9H,3-6H2,1-2H3,(H,13,14,15). The van der Waals surface area contributed by atoms with E-state index in [9.17, 15) is 4.79 Å². The van der Waals surface area contributed by atoms with Crippen LogP contribution in [0.15, 0.2) is 0 Å². The van der Waals surface area contributed by atoms with Gasteiger partial charge in [0.15, 0.2) is 0 Å². The zero-order valence-electron chi connectivity index (χ0n) is 10.3. The molecule has 92 valence electrons. The molecule has 5 nitrogen and oxygen atoms in total. The monoisotopic (exact) mass is 234 g/mol. The van der Waals surface area contributed by atoms with Gasteiger partial charge in [0.2, 0.25) is 5.82 Å². The molecule has 1 aliphatic carbocycles. The van der Waals surface area contributed by atoms with Crippen molar-refractivity contribution in [2.24, 2.45) is 5.92 Å². The third-order valence-electron chi connectivity index (χ3n) is 3.91. The molecule has 1 N–H and O–H groups in total. The normalized spacial score (nSPS) is 27.1. The van der Waals surface area contributed by atoms with E-state index in [0.29, 0.717) is 17.8 Å². The van der Waals surface area contributed by atoms with Gasteiger partial charge in [-0.2, -0.15) is 0 Å². The van der Waals surface area contributed by atoms with Gasteiger partial charge in [-0.15, -0.1) is 5.10 Å². The molecule has 2 unspecified atom stereocenters. The SMILES string of the molecule is CC(C)c1nc(C(=O)N2CC3CCC2C3)n[nH]1. The summed E-state index contributed by atoms with van der Waals surface area (Å²) >= 11 is 0. The second kappa shape index (κ2) is 3.82. The van der Waals surface area contributed by atoms with E-state index in [1.807, 2.05) is 18.7 Å². The zero-order chi connectivity index (χ0) is 12.0. The van der Waals surface area contributed by atoms with Crippen molar-refractivity contribution in [3.63, 3.8) is 0 Å². The average Bonchev–Trinajstić information content (AvgIpc) is 3.03. The molecule has 1 saturated heterocycles. The van der Waals surface area contributed by atoms with E-state index in [2.05, 4.69) is 15.2 Å². The number of nitrogens with one attached hydrogen (secondary N) is 1. The first-order valence-electron chi connectivity index (χ1n) is 6.38. The number of H-pyrrole nitrogens is 1. The maximum Gasteiger partial charge on any atom is 0.293 e. The predicted octanol–water partition coefficient (Wildman–Crippen LogP) is 1.55. The summed E-state index contributed by atoms with van der Waals surface area (Å²) in [6.07, 6.45) is 3.60. The number of aromatic amines is 1. The Kier molecular flexibility index (Phi) is 2.42. The van der Waals surface area contributed by atoms with Gasteiger partial charge in [0.05, 0.1) is 0 Å². The lowest BCUT2D eigenvalue weighted by Gasteiger charge is -2.25. The van der Waals surface area contributed by atoms with Gasteiger partial charge in [0.1, 0.15) is 5.82 Å². The topological polar surface area (TPSA) is 61.9 Å². The highest BCUT2D eigenvalue weighted by molar-refractivity contribution is 5.91. The van der Waals surface area contributed by atoms with Gasteiger partial charge < -0.3 is 4.90 Å². The minimum Gasteiger partial charge on any atom is -0.333 e. The van der Waals surface area contributed by atoms with Crippen molar-refractivity contribution in [2.75, 3.05) is 6.54 Å². The molecule has 1 aromatic rings. The lowest BCUT2D eigenvalue weighted by atomic mass is 10.1. The van der Waals surface area contributed by atoms with Gasteiger partial charge in [-0.1, -0.05) is 13.8 Å². The summed E-state index contributed by atoms with van der Waals surface area (Å²) in [4.78, 5) is 18.5. The van der Waals surface area contributed by atoms with Gasteiger partial charge in [-0.05, 0) is 25.2 Å². The molecule has 2 heterocycles. The minimum absolute atomic E-state index is 0.000324. The molecule has 0 aromatic carbocycles. The number of hydrogen-bond donors (Lipinski definition) is 1. The quantitative estimate of drug-likeness (QED) is 0.844. The highest BCUT2D eigenvalue weighted by atomic mass is 16.2. The number of hydrogen-bond acceptors (Lipinski definition) is 3. The Morgan fingerprint density at radius 1 is 1.47 bits per heavy atom. The van der Waals surface area contributed by atoms with Crippen LogP contribution < -0.4 is 0 Å². The number of carbonyl (C=O) groups is 1. The molecule has 1 amide bonds. The summed E-state index contributed by atoms with van der Waals surface area (Å²) in [5.74, 6) is 2.12. The molecule has 1 aromatic heterocycles. The fraction of sp³-hybridized carbons (Fsp3) is 0.750. The fourth-order valence-corrected chi connectivity index (χ4v) is 2.93. The van der Waals surface area contributed by atoms with Gasteiger partial charge in [0, 0.05) is 18.5 Å². The van der Waals surface area contributed by atoms with Crippen LogP contribution in [0.4, 0.5) is 0 Å². The highest BCUT2D eigenvalue weighted by Crippen LogP contribution is 2.37. The van der Waals surface area contributed by atoms with E-state index in [0.717, 1.165) is 18.8 Å². The zero-order valence-corrected chi connectivity index (χ0v) is 10.3. The molecule has 2 bridgehead atoms. The Bertz CT molecular complexity index is 439. The van der Waals surface area contributed by atoms with E-state index < -0.39 is 0 Å². The Hall–Kier alpha value is -1.39. The lowest BCUT2D eigenvalue weighted by molar-refractivity contribution is 0.0691. The first-order chi connectivity index (χ1) is 8.15. The second-order valence-electron chi connectivity index (χ2n) is 5.49. The Balaban J connectivity index is 1.77. The van der Waals surface area contributed by atoms with Crippen molar-refractivity contribution in [2.45, 2.75) is 45.1 Å². The molecule has 2 fully saturated rings. The summed E-state index contributed by atoms with van der Waals surface area (Å²) < 4.78 is 0. The molecule has 2 atom stereocenters. The van der Waals surface area contributed by atoms with Crippen molar-refractivity contribution in [3.05, 3.63) is 11.6 Å². The van der Waals surface area contributed by atoms with Crippen LogP contribution in [0.25, 0.3) is 0 Å². The predicted molar refractivity (Wildman–Crippen MR) is 62.6 cm³/mol. The lowest BCUT2D eigenvalue weighted by Crippen LogP contribution is -2.38. The van der Waals surface area contributed by atoms with E-state index in [1.165, 1.54) is 12.8 Å². The molecular weight excluding hydrogens is 216 g/mol. The van der Waals surface area contributed by atoms with E-state index in [4.69, 9.17) is 0 Å². The first kappa shape index (κ1) is 10.7. The minimum atomic E-state index is 0.000324. The van der Waals surface area contributed by atoms with Gasteiger partial charge in [-0.25, -0.2) is 4.98 Å². The van der Waals surface area contributed by atoms with Gasteiger partial charge >= 0.3 is 0 Å². The maximum atomic E-state index is 12.3. The van der Waals surface area contributed by atoms with Crippen molar-refractivity contribution in [1.29, 1.82) is 0 Å². The molecule has 0 spiro atoms. The van der Waals surface area contributed by atoms with Crippen LogP contribution in [-0.4, -0.2) is 38.6 Å². The third-order valence-corrected chi connectivity index (χ3v) is 3.91. The molecule has 1 saturated carbocycles. The van der Waals surface area contributed by atoms with Crippen LogP contribution in [0.5, 0.6) is 0 Å². The van der Waals surface area contributed by atoms with Crippen molar-refractivity contribution in [3.8, 4) is 0 Å². The van der Waals surface area contributed by atoms with Crippen molar-refractivity contribution >= 4 is 5.91 Å². The van der Waals surface area contributed by atoms with E-state index in [1.54, 1.807) is 0 Å². The molecule has 2 aliphatic rings. The smallest absolute Gasteiger partial charge is 0.293 e. The Morgan fingerprint density at radius 3 is 2.82 bits per heavy atom. The average molecular weight is 234 g/mol. The van der Waals surface area contributed by atoms with Crippen LogP contribution in [-0.2, 0) is 0 Å². The molecule has 3 rings (SSSR count). The number of carbonyl (C=O) groups excluding carboxylic acids is 1. The molecule has 17 heavy (non-hydrogen) atoms. The number of aromatic nitrogens is 3. The van der Waals surface area contributed by atoms with E-state index in [-0.39, 0.29) is 11.8 Å². The van der Waals surface area contributed by atoms with E-state index >= 15 is 0 Å². The number of likely N-dealkylation sites (tertiary alicyclic amines) is 1. The van der Waals surface area contributed by atoms with Crippen LogP contribution in [0, 0.1) is 5.92 Å². The van der Waals surface area contributed by atoms with Crippen molar-refractivity contribution in [1.82, 2.24) is 20.1 Å². The number of piperidine rings is 1. The summed E-state index contributed by atoms with van der Waals surface area (Å²) in [5, 5.41) is 6.88. The maximum absolute atomic E-state index is 12.3. The molecule has 1 aliphatic heterocycles. The Labute approximate surface area is 101 Å². The number of amides is 1. The van der Waals surface area contributed by atoms with Crippen LogP contribution in [0.2, 0.25) is 0 Å². The summed E-state index contributed by atoms with van der Waals surface area (Å²) in [5.41, 5.74) is 0. The van der Waals surface area contributed by atoms with Crippen molar-refractivity contribution < 1.29 is 4.79 Å².